The SMILES string of the molecule is CC(C)(CF)CC(N)C(=O)O.O=C(O)C(F)(F)F. The molecule has 0 aromatic carbocycles. The first-order valence-electron chi connectivity index (χ1n) is 4.68. The molecule has 0 rings (SSSR count). The Balaban J connectivity index is 0. The molecular weight excluding hydrogens is 262 g/mol. The van der Waals surface area contributed by atoms with Crippen LogP contribution in [0.2, 0.25) is 0 Å². The maximum absolute atomic E-state index is 12.1. The average Bonchev–Trinajstić information content (AvgIpc) is 2.16. The molecule has 0 radical (unpaired) electrons. The van der Waals surface area contributed by atoms with Gasteiger partial charge >= 0.3 is 18.1 Å². The van der Waals surface area contributed by atoms with E-state index in [9.17, 15) is 22.4 Å². The van der Waals surface area contributed by atoms with Crippen LogP contribution in [0.5, 0.6) is 0 Å². The third-order valence-electron chi connectivity index (χ3n) is 1.69. The van der Waals surface area contributed by atoms with Crippen molar-refractivity contribution >= 4 is 11.9 Å². The molecular formula is C9H15F4NO4. The highest BCUT2D eigenvalue weighted by Gasteiger charge is 2.38. The maximum atomic E-state index is 12.1. The quantitative estimate of drug-likeness (QED) is 0.675. The molecule has 108 valence electrons. The van der Waals surface area contributed by atoms with Gasteiger partial charge in [-0.2, -0.15) is 13.2 Å². The van der Waals surface area contributed by atoms with Gasteiger partial charge in [-0.25, -0.2) is 4.79 Å². The maximum Gasteiger partial charge on any atom is 0.490 e. The van der Waals surface area contributed by atoms with E-state index < -0.39 is 36.2 Å². The third kappa shape index (κ3) is 9.82. The number of rotatable bonds is 4. The Labute approximate surface area is 101 Å². The van der Waals surface area contributed by atoms with Crippen LogP contribution in [-0.2, 0) is 9.59 Å². The summed E-state index contributed by atoms with van der Waals surface area (Å²) in [6.07, 6.45) is -4.92. The van der Waals surface area contributed by atoms with Crippen LogP contribution in [0.4, 0.5) is 17.6 Å². The fourth-order valence-electron chi connectivity index (χ4n) is 0.737. The van der Waals surface area contributed by atoms with E-state index in [2.05, 4.69) is 0 Å². The number of carboxylic acid groups (broad SMARTS) is 2. The predicted molar refractivity (Wildman–Crippen MR) is 53.7 cm³/mol. The van der Waals surface area contributed by atoms with E-state index in [1.165, 1.54) is 0 Å². The second-order valence-electron chi connectivity index (χ2n) is 4.25. The summed E-state index contributed by atoms with van der Waals surface area (Å²) >= 11 is 0. The standard InChI is InChI=1S/C7H14FNO2.C2HF3O2/c1-7(2,4-8)3-5(9)6(10)11;3-2(4,5)1(6)7/h5H,3-4,9H2,1-2H3,(H,10,11);(H,6,7). The van der Waals surface area contributed by atoms with E-state index in [-0.39, 0.29) is 6.42 Å². The average molecular weight is 277 g/mol. The van der Waals surface area contributed by atoms with Crippen molar-refractivity contribution in [2.24, 2.45) is 11.1 Å². The molecule has 0 saturated heterocycles. The minimum absolute atomic E-state index is 0.166. The lowest BCUT2D eigenvalue weighted by atomic mass is 9.87. The van der Waals surface area contributed by atoms with Gasteiger partial charge in [0, 0.05) is 0 Å². The van der Waals surface area contributed by atoms with Crippen LogP contribution in [-0.4, -0.2) is 41.0 Å². The number of alkyl halides is 4. The largest absolute Gasteiger partial charge is 0.490 e. The van der Waals surface area contributed by atoms with Gasteiger partial charge in [-0.05, 0) is 11.8 Å². The summed E-state index contributed by atoms with van der Waals surface area (Å²) in [5.41, 5.74) is 4.58. The normalized spacial score (nSPS) is 13.3. The Hall–Kier alpha value is -1.38. The molecule has 0 spiro atoms. The van der Waals surface area contributed by atoms with Crippen molar-refractivity contribution in [3.8, 4) is 0 Å². The van der Waals surface area contributed by atoms with Crippen LogP contribution < -0.4 is 5.73 Å². The Morgan fingerprint density at radius 3 is 1.72 bits per heavy atom. The number of halogens is 4. The topological polar surface area (TPSA) is 101 Å². The lowest BCUT2D eigenvalue weighted by Gasteiger charge is -2.22. The van der Waals surface area contributed by atoms with Crippen molar-refractivity contribution in [1.29, 1.82) is 0 Å². The van der Waals surface area contributed by atoms with Gasteiger partial charge in [0.15, 0.2) is 0 Å². The van der Waals surface area contributed by atoms with Crippen molar-refractivity contribution < 1.29 is 37.4 Å². The third-order valence-corrected chi connectivity index (χ3v) is 1.69. The minimum Gasteiger partial charge on any atom is -0.480 e. The molecule has 9 heteroatoms. The van der Waals surface area contributed by atoms with Crippen molar-refractivity contribution in [2.45, 2.75) is 32.5 Å². The number of hydrogen-bond donors (Lipinski definition) is 3. The van der Waals surface area contributed by atoms with Crippen LogP contribution in [0.15, 0.2) is 0 Å². The molecule has 0 aliphatic carbocycles. The Bertz CT molecular complexity index is 291. The van der Waals surface area contributed by atoms with Gasteiger partial charge in [0.05, 0.1) is 6.67 Å². The van der Waals surface area contributed by atoms with Gasteiger partial charge in [0.2, 0.25) is 0 Å². The Kier molecular flexibility index (Phi) is 7.53. The molecule has 18 heavy (non-hydrogen) atoms. The molecule has 4 N–H and O–H groups in total. The van der Waals surface area contributed by atoms with Gasteiger partial charge in [0.25, 0.3) is 0 Å². The van der Waals surface area contributed by atoms with Gasteiger partial charge in [-0.3, -0.25) is 9.18 Å². The second kappa shape index (κ2) is 7.14. The molecule has 5 nitrogen and oxygen atoms in total. The zero-order valence-corrected chi connectivity index (χ0v) is 9.79. The van der Waals surface area contributed by atoms with E-state index in [0.29, 0.717) is 0 Å². The fourth-order valence-corrected chi connectivity index (χ4v) is 0.737. The van der Waals surface area contributed by atoms with Crippen LogP contribution in [0, 0.1) is 5.41 Å². The van der Waals surface area contributed by atoms with E-state index >= 15 is 0 Å². The summed E-state index contributed by atoms with van der Waals surface area (Å²) < 4.78 is 43.9. The highest BCUT2D eigenvalue weighted by atomic mass is 19.4. The highest BCUT2D eigenvalue weighted by Crippen LogP contribution is 2.21. The minimum atomic E-state index is -5.08. The van der Waals surface area contributed by atoms with Crippen LogP contribution in [0.25, 0.3) is 0 Å². The lowest BCUT2D eigenvalue weighted by Crippen LogP contribution is -2.35. The molecule has 0 bridgehead atoms. The molecule has 0 aromatic heterocycles. The first-order valence-corrected chi connectivity index (χ1v) is 4.68. The van der Waals surface area contributed by atoms with E-state index in [4.69, 9.17) is 20.7 Å². The van der Waals surface area contributed by atoms with Crippen molar-refractivity contribution in [3.05, 3.63) is 0 Å². The molecule has 0 saturated carbocycles. The number of aliphatic carboxylic acids is 2. The number of hydrogen-bond acceptors (Lipinski definition) is 3. The first-order chi connectivity index (χ1) is 7.83. The summed E-state index contributed by atoms with van der Waals surface area (Å²) in [4.78, 5) is 19.1. The fraction of sp³-hybridized carbons (Fsp3) is 0.778. The van der Waals surface area contributed by atoms with Gasteiger partial charge in [0.1, 0.15) is 6.04 Å². The van der Waals surface area contributed by atoms with Gasteiger partial charge < -0.3 is 15.9 Å². The molecule has 0 aromatic rings. The number of carbonyl (C=O) groups is 2. The van der Waals surface area contributed by atoms with Gasteiger partial charge in [-0.1, -0.05) is 13.8 Å². The molecule has 0 aliphatic heterocycles. The lowest BCUT2D eigenvalue weighted by molar-refractivity contribution is -0.192. The Morgan fingerprint density at radius 2 is 1.56 bits per heavy atom. The molecule has 1 unspecified atom stereocenters. The molecule has 0 amide bonds. The first kappa shape index (κ1) is 19.0. The van der Waals surface area contributed by atoms with E-state index in [1.54, 1.807) is 13.8 Å². The smallest absolute Gasteiger partial charge is 0.480 e. The highest BCUT2D eigenvalue weighted by molar-refractivity contribution is 5.73. The summed E-state index contributed by atoms with van der Waals surface area (Å²) in [5, 5.41) is 15.5. The van der Waals surface area contributed by atoms with Crippen molar-refractivity contribution in [2.75, 3.05) is 6.67 Å². The van der Waals surface area contributed by atoms with Gasteiger partial charge in [-0.15, -0.1) is 0 Å². The number of carboxylic acids is 2. The van der Waals surface area contributed by atoms with Crippen molar-refractivity contribution in [1.82, 2.24) is 0 Å². The van der Waals surface area contributed by atoms with E-state index in [1.807, 2.05) is 0 Å². The van der Waals surface area contributed by atoms with Crippen LogP contribution in [0.1, 0.15) is 20.3 Å². The summed E-state index contributed by atoms with van der Waals surface area (Å²) in [5.74, 6) is -3.83. The zero-order valence-electron chi connectivity index (χ0n) is 9.79. The Morgan fingerprint density at radius 1 is 1.22 bits per heavy atom. The molecule has 0 heterocycles. The molecule has 0 aliphatic rings. The summed E-state index contributed by atoms with van der Waals surface area (Å²) in [6.45, 7) is 2.75. The summed E-state index contributed by atoms with van der Waals surface area (Å²) in [6, 6.07) is -0.958. The number of nitrogens with two attached hydrogens (primary N) is 1. The van der Waals surface area contributed by atoms with E-state index in [0.717, 1.165) is 0 Å². The summed E-state index contributed by atoms with van der Waals surface area (Å²) in [7, 11) is 0. The predicted octanol–water partition coefficient (Wildman–Crippen LogP) is 1.42. The zero-order chi connectivity index (χ0) is 15.1. The van der Waals surface area contributed by atoms with Crippen LogP contribution in [0.3, 0.4) is 0 Å². The second-order valence-corrected chi connectivity index (χ2v) is 4.25. The molecule has 1 atom stereocenters. The van der Waals surface area contributed by atoms with Crippen molar-refractivity contribution in [3.63, 3.8) is 0 Å². The van der Waals surface area contributed by atoms with Crippen LogP contribution >= 0.6 is 0 Å². The monoisotopic (exact) mass is 277 g/mol. The molecule has 0 fully saturated rings.